The van der Waals surface area contributed by atoms with Gasteiger partial charge in [-0.15, -0.1) is 0 Å². The quantitative estimate of drug-likeness (QED) is 0.282. The van der Waals surface area contributed by atoms with Gasteiger partial charge in [-0.2, -0.15) is 13.9 Å². The SMILES string of the molecule is O=C(Nc1ccc(NC(=O)[C@@H]2CCCN2/N=C/c2ccc(OC(F)F)c(OCC3CC3)c2)cc1)c1ccc(F)cc1. The number of benzene rings is 3. The molecule has 0 bridgehead atoms. The molecule has 1 saturated heterocycles. The molecule has 1 aliphatic carbocycles. The van der Waals surface area contributed by atoms with Crippen molar-refractivity contribution in [2.24, 2.45) is 11.0 Å². The van der Waals surface area contributed by atoms with E-state index in [9.17, 15) is 22.8 Å². The van der Waals surface area contributed by atoms with E-state index in [2.05, 4.69) is 20.5 Å². The van der Waals surface area contributed by atoms with E-state index in [1.807, 2.05) is 0 Å². The maximum Gasteiger partial charge on any atom is 0.387 e. The number of nitrogens with one attached hydrogen (secondary N) is 2. The maximum absolute atomic E-state index is 13.1. The zero-order chi connectivity index (χ0) is 28.8. The van der Waals surface area contributed by atoms with Gasteiger partial charge in [0.05, 0.1) is 12.8 Å². The lowest BCUT2D eigenvalue weighted by molar-refractivity contribution is -0.120. The number of halogens is 3. The van der Waals surface area contributed by atoms with Crippen molar-refractivity contribution in [3.05, 3.63) is 83.7 Å². The van der Waals surface area contributed by atoms with Crippen LogP contribution in [0.5, 0.6) is 11.5 Å². The number of nitrogens with zero attached hydrogens (tertiary/aromatic N) is 2. The van der Waals surface area contributed by atoms with Crippen molar-refractivity contribution in [1.82, 2.24) is 5.01 Å². The Balaban J connectivity index is 1.18. The molecule has 5 rings (SSSR count). The van der Waals surface area contributed by atoms with E-state index in [-0.39, 0.29) is 23.3 Å². The zero-order valence-corrected chi connectivity index (χ0v) is 22.1. The van der Waals surface area contributed by atoms with E-state index in [1.54, 1.807) is 47.6 Å². The molecule has 0 aromatic heterocycles. The van der Waals surface area contributed by atoms with Crippen LogP contribution in [0.25, 0.3) is 0 Å². The summed E-state index contributed by atoms with van der Waals surface area (Å²) in [6.07, 6.45) is 5.08. The van der Waals surface area contributed by atoms with Crippen LogP contribution in [0.15, 0.2) is 71.8 Å². The highest BCUT2D eigenvalue weighted by Crippen LogP contribution is 2.34. The highest BCUT2D eigenvalue weighted by Gasteiger charge is 2.30. The van der Waals surface area contributed by atoms with Gasteiger partial charge >= 0.3 is 6.61 Å². The monoisotopic (exact) mass is 566 g/mol. The molecule has 1 heterocycles. The second kappa shape index (κ2) is 12.8. The van der Waals surface area contributed by atoms with Crippen molar-refractivity contribution in [1.29, 1.82) is 0 Å². The fraction of sp³-hybridized carbons (Fsp3) is 0.300. The van der Waals surface area contributed by atoms with Gasteiger partial charge in [0.15, 0.2) is 11.5 Å². The van der Waals surface area contributed by atoms with Gasteiger partial charge in [-0.05, 0) is 104 Å². The van der Waals surface area contributed by atoms with Gasteiger partial charge in [0, 0.05) is 23.5 Å². The molecule has 2 N–H and O–H groups in total. The highest BCUT2D eigenvalue weighted by atomic mass is 19.3. The van der Waals surface area contributed by atoms with Crippen LogP contribution < -0.4 is 20.1 Å². The highest BCUT2D eigenvalue weighted by molar-refractivity contribution is 6.04. The molecule has 214 valence electrons. The summed E-state index contributed by atoms with van der Waals surface area (Å²) in [5.74, 6) is -0.387. The number of alkyl halides is 2. The smallest absolute Gasteiger partial charge is 0.387 e. The van der Waals surface area contributed by atoms with E-state index < -0.39 is 18.5 Å². The van der Waals surface area contributed by atoms with Crippen molar-refractivity contribution < 1.29 is 32.2 Å². The van der Waals surface area contributed by atoms with Crippen LogP contribution in [0.3, 0.4) is 0 Å². The molecular weight excluding hydrogens is 537 g/mol. The number of carbonyl (C=O) groups is 2. The normalized spacial score (nSPS) is 16.7. The molecule has 2 amide bonds. The van der Waals surface area contributed by atoms with Crippen molar-refractivity contribution >= 4 is 29.4 Å². The van der Waals surface area contributed by atoms with Gasteiger partial charge in [0.1, 0.15) is 11.9 Å². The Labute approximate surface area is 235 Å². The summed E-state index contributed by atoms with van der Waals surface area (Å²) in [6, 6.07) is 16.0. The topological polar surface area (TPSA) is 92.3 Å². The van der Waals surface area contributed by atoms with Gasteiger partial charge in [-0.1, -0.05) is 0 Å². The number of ether oxygens (including phenoxy) is 2. The third kappa shape index (κ3) is 7.77. The number of hydrogen-bond acceptors (Lipinski definition) is 6. The summed E-state index contributed by atoms with van der Waals surface area (Å²) in [7, 11) is 0. The van der Waals surface area contributed by atoms with E-state index in [0.717, 1.165) is 19.3 Å². The van der Waals surface area contributed by atoms with Crippen molar-refractivity contribution in [2.45, 2.75) is 38.3 Å². The van der Waals surface area contributed by atoms with E-state index in [1.165, 1.54) is 30.3 Å². The molecule has 3 aromatic rings. The Morgan fingerprint density at radius 1 is 0.951 bits per heavy atom. The molecule has 1 atom stereocenters. The van der Waals surface area contributed by atoms with Crippen LogP contribution in [0.2, 0.25) is 0 Å². The van der Waals surface area contributed by atoms with Crippen molar-refractivity contribution in [2.75, 3.05) is 23.8 Å². The largest absolute Gasteiger partial charge is 0.489 e. The average Bonchev–Trinajstić information content (AvgIpc) is 3.67. The molecule has 2 fully saturated rings. The fourth-order valence-corrected chi connectivity index (χ4v) is 4.37. The summed E-state index contributed by atoms with van der Waals surface area (Å²) in [5, 5.41) is 11.8. The number of rotatable bonds is 11. The molecule has 0 spiro atoms. The Morgan fingerprint density at radius 3 is 2.34 bits per heavy atom. The van der Waals surface area contributed by atoms with Gasteiger partial charge in [-0.3, -0.25) is 14.6 Å². The van der Waals surface area contributed by atoms with E-state index >= 15 is 0 Å². The third-order valence-corrected chi connectivity index (χ3v) is 6.75. The minimum atomic E-state index is -2.96. The second-order valence-corrected chi connectivity index (χ2v) is 9.93. The van der Waals surface area contributed by atoms with Crippen LogP contribution in [-0.4, -0.2) is 48.8 Å². The lowest BCUT2D eigenvalue weighted by Gasteiger charge is -2.21. The predicted molar refractivity (Wildman–Crippen MR) is 148 cm³/mol. The average molecular weight is 567 g/mol. The Bertz CT molecular complexity index is 1400. The molecule has 1 aliphatic heterocycles. The number of carbonyl (C=O) groups excluding carboxylic acids is 2. The summed E-state index contributed by atoms with van der Waals surface area (Å²) in [4.78, 5) is 25.4. The fourth-order valence-electron chi connectivity index (χ4n) is 4.37. The minimum Gasteiger partial charge on any atom is -0.489 e. The maximum atomic E-state index is 13.1. The van der Waals surface area contributed by atoms with Crippen LogP contribution in [0.4, 0.5) is 24.5 Å². The Hall–Kier alpha value is -4.54. The second-order valence-electron chi connectivity index (χ2n) is 9.93. The van der Waals surface area contributed by atoms with Crippen molar-refractivity contribution in [3.63, 3.8) is 0 Å². The number of amides is 2. The predicted octanol–water partition coefficient (Wildman–Crippen LogP) is 5.91. The lowest BCUT2D eigenvalue weighted by atomic mass is 10.2. The lowest BCUT2D eigenvalue weighted by Crippen LogP contribution is -2.36. The van der Waals surface area contributed by atoms with Gasteiger partial charge in [0.25, 0.3) is 5.91 Å². The van der Waals surface area contributed by atoms with Gasteiger partial charge in [-0.25, -0.2) is 4.39 Å². The summed E-state index contributed by atoms with van der Waals surface area (Å²) >= 11 is 0. The zero-order valence-electron chi connectivity index (χ0n) is 22.1. The first-order valence-corrected chi connectivity index (χ1v) is 13.3. The summed E-state index contributed by atoms with van der Waals surface area (Å²) < 4.78 is 49.0. The van der Waals surface area contributed by atoms with Crippen LogP contribution >= 0.6 is 0 Å². The number of hydrazone groups is 1. The first kappa shape index (κ1) is 28.0. The van der Waals surface area contributed by atoms with E-state index in [0.29, 0.717) is 48.0 Å². The van der Waals surface area contributed by atoms with Gasteiger partial charge in [0.2, 0.25) is 5.91 Å². The molecule has 11 heteroatoms. The Morgan fingerprint density at radius 2 is 1.66 bits per heavy atom. The number of hydrogen-bond donors (Lipinski definition) is 2. The summed E-state index contributed by atoms with van der Waals surface area (Å²) in [6.45, 7) is -1.94. The molecular formula is C30H29F3N4O4. The van der Waals surface area contributed by atoms with Crippen LogP contribution in [0.1, 0.15) is 41.6 Å². The van der Waals surface area contributed by atoms with Crippen LogP contribution in [-0.2, 0) is 4.79 Å². The molecule has 0 radical (unpaired) electrons. The minimum absolute atomic E-state index is 0.0303. The summed E-state index contributed by atoms with van der Waals surface area (Å²) in [5.41, 5.74) is 2.03. The molecule has 41 heavy (non-hydrogen) atoms. The van der Waals surface area contributed by atoms with Crippen LogP contribution in [0, 0.1) is 11.7 Å². The first-order valence-electron chi connectivity index (χ1n) is 13.3. The molecule has 1 saturated carbocycles. The Kier molecular flexibility index (Phi) is 8.71. The van der Waals surface area contributed by atoms with Crippen molar-refractivity contribution in [3.8, 4) is 11.5 Å². The van der Waals surface area contributed by atoms with Gasteiger partial charge < -0.3 is 20.1 Å². The standard InChI is InChI=1S/C30H29F3N4O4/c31-22-8-6-21(7-9-22)28(38)35-23-10-12-24(13-11-23)36-29(39)25-2-1-15-37(25)34-17-20-5-14-26(41-30(32)33)27(16-20)40-18-19-3-4-19/h5-14,16-17,19,25,30H,1-4,15,18H2,(H,35,38)(H,36,39)/b34-17+/t25-/m0/s1. The molecule has 0 unspecified atom stereocenters. The molecule has 3 aromatic carbocycles. The molecule has 8 nitrogen and oxygen atoms in total. The van der Waals surface area contributed by atoms with E-state index in [4.69, 9.17) is 4.74 Å². The molecule has 2 aliphatic rings. The number of anilines is 2. The third-order valence-electron chi connectivity index (χ3n) is 6.75. The first-order chi connectivity index (χ1) is 19.8.